The van der Waals surface area contributed by atoms with E-state index in [1.807, 2.05) is 0 Å². The van der Waals surface area contributed by atoms with Crippen LogP contribution in [0.4, 0.5) is 4.79 Å². The van der Waals surface area contributed by atoms with Gasteiger partial charge in [-0.3, -0.25) is 4.90 Å². The molecule has 16 heavy (non-hydrogen) atoms. The number of hydrogen-bond donors (Lipinski definition) is 2. The van der Waals surface area contributed by atoms with E-state index in [0.29, 0.717) is 0 Å². The third kappa shape index (κ3) is 2.74. The van der Waals surface area contributed by atoms with Crippen molar-refractivity contribution in [2.75, 3.05) is 6.54 Å². The van der Waals surface area contributed by atoms with Crippen molar-refractivity contribution in [3.8, 4) is 0 Å². The molecule has 0 aliphatic carbocycles. The van der Waals surface area contributed by atoms with E-state index in [0.717, 1.165) is 0 Å². The van der Waals surface area contributed by atoms with Gasteiger partial charge < -0.3 is 14.9 Å². The molecule has 3 atom stereocenters. The van der Waals surface area contributed by atoms with Crippen LogP contribution >= 0.6 is 0 Å². The summed E-state index contributed by atoms with van der Waals surface area (Å²) >= 11 is 0. The highest BCUT2D eigenvalue weighted by Gasteiger charge is 2.42. The van der Waals surface area contributed by atoms with E-state index in [1.54, 1.807) is 20.8 Å². The van der Waals surface area contributed by atoms with Crippen molar-refractivity contribution < 1.29 is 19.7 Å². The van der Waals surface area contributed by atoms with Crippen LogP contribution in [0.3, 0.4) is 0 Å². The SMILES string of the molecule is C=C[C@@H]1[C@H](O)[C@@H](O)CN1C(=O)OC(C)(C)C. The minimum atomic E-state index is -0.995. The highest BCUT2D eigenvalue weighted by Crippen LogP contribution is 2.22. The first-order valence-electron chi connectivity index (χ1n) is 5.24. The van der Waals surface area contributed by atoms with Crippen LogP contribution in [0, 0.1) is 0 Å². The van der Waals surface area contributed by atoms with Gasteiger partial charge in [0.1, 0.15) is 11.7 Å². The van der Waals surface area contributed by atoms with Crippen molar-refractivity contribution in [2.45, 2.75) is 44.6 Å². The Morgan fingerprint density at radius 1 is 1.50 bits per heavy atom. The number of ether oxygens (including phenoxy) is 1. The highest BCUT2D eigenvalue weighted by atomic mass is 16.6. The molecule has 1 aliphatic heterocycles. The minimum absolute atomic E-state index is 0.0623. The number of hydrogen-bond acceptors (Lipinski definition) is 4. The van der Waals surface area contributed by atoms with Crippen LogP contribution in [0.5, 0.6) is 0 Å². The summed E-state index contributed by atoms with van der Waals surface area (Å²) in [5.41, 5.74) is -0.596. The molecule has 1 amide bonds. The van der Waals surface area contributed by atoms with Crippen molar-refractivity contribution in [2.24, 2.45) is 0 Å². The Bertz CT molecular complexity index is 284. The quantitative estimate of drug-likeness (QED) is 0.643. The molecule has 0 saturated carbocycles. The lowest BCUT2D eigenvalue weighted by Gasteiger charge is -2.27. The van der Waals surface area contributed by atoms with Gasteiger partial charge in [-0.05, 0) is 20.8 Å². The van der Waals surface area contributed by atoms with Crippen molar-refractivity contribution in [1.29, 1.82) is 0 Å². The van der Waals surface area contributed by atoms with E-state index in [1.165, 1.54) is 11.0 Å². The Balaban J connectivity index is 2.73. The molecule has 1 fully saturated rings. The topological polar surface area (TPSA) is 70.0 Å². The molecule has 1 aliphatic rings. The number of rotatable bonds is 1. The molecule has 0 bridgehead atoms. The maximum Gasteiger partial charge on any atom is 0.410 e. The number of carbonyl (C=O) groups is 1. The number of nitrogens with zero attached hydrogens (tertiary/aromatic N) is 1. The summed E-state index contributed by atoms with van der Waals surface area (Å²) in [5.74, 6) is 0. The molecule has 0 unspecified atom stereocenters. The van der Waals surface area contributed by atoms with Crippen molar-refractivity contribution in [1.82, 2.24) is 4.90 Å². The van der Waals surface area contributed by atoms with E-state index < -0.39 is 29.9 Å². The molecule has 2 N–H and O–H groups in total. The zero-order valence-electron chi connectivity index (χ0n) is 9.88. The predicted molar refractivity (Wildman–Crippen MR) is 58.9 cm³/mol. The molecular formula is C11H19NO4. The zero-order chi connectivity index (χ0) is 12.5. The smallest absolute Gasteiger partial charge is 0.410 e. The third-order valence-corrected chi connectivity index (χ3v) is 2.36. The second-order valence-corrected chi connectivity index (χ2v) is 4.92. The second kappa shape index (κ2) is 4.43. The highest BCUT2D eigenvalue weighted by molar-refractivity contribution is 5.69. The standard InChI is InChI=1S/C11H19NO4/c1-5-7-9(14)8(13)6-12(7)10(15)16-11(2,3)4/h5,7-9,13-14H,1,6H2,2-4H3/t7-,8+,9+/m1/s1. The average molecular weight is 229 g/mol. The Labute approximate surface area is 95.3 Å². The van der Waals surface area contributed by atoms with E-state index in [2.05, 4.69) is 6.58 Å². The number of aliphatic hydroxyl groups excluding tert-OH is 2. The minimum Gasteiger partial charge on any atom is -0.444 e. The van der Waals surface area contributed by atoms with Gasteiger partial charge in [-0.25, -0.2) is 4.79 Å². The number of β-amino-alcohol motifs (C(OH)–C–C–N with tert-alkyl or cyclic N) is 1. The number of likely N-dealkylation sites (tertiary alicyclic amines) is 1. The van der Waals surface area contributed by atoms with Crippen molar-refractivity contribution >= 4 is 6.09 Å². The van der Waals surface area contributed by atoms with Crippen LogP contribution in [-0.2, 0) is 4.74 Å². The largest absolute Gasteiger partial charge is 0.444 e. The molecule has 0 aromatic heterocycles. The van der Waals surface area contributed by atoms with E-state index >= 15 is 0 Å². The number of amides is 1. The van der Waals surface area contributed by atoms with Gasteiger partial charge in [-0.15, -0.1) is 6.58 Å². The molecule has 5 heteroatoms. The van der Waals surface area contributed by atoms with Crippen molar-refractivity contribution in [3.05, 3.63) is 12.7 Å². The van der Waals surface area contributed by atoms with Gasteiger partial charge in [0.25, 0.3) is 0 Å². The van der Waals surface area contributed by atoms with Gasteiger partial charge in [-0.1, -0.05) is 6.08 Å². The van der Waals surface area contributed by atoms with Crippen molar-refractivity contribution in [3.63, 3.8) is 0 Å². The molecule has 1 rings (SSSR count). The van der Waals surface area contributed by atoms with Crippen LogP contribution in [0.15, 0.2) is 12.7 Å². The maximum absolute atomic E-state index is 11.8. The average Bonchev–Trinajstić information content (AvgIpc) is 2.40. The monoisotopic (exact) mass is 229 g/mol. The number of carbonyl (C=O) groups excluding carboxylic acids is 1. The Kier molecular flexibility index (Phi) is 3.60. The molecule has 1 saturated heterocycles. The first-order valence-corrected chi connectivity index (χ1v) is 5.24. The molecule has 92 valence electrons. The fourth-order valence-electron chi connectivity index (χ4n) is 1.63. The van der Waals surface area contributed by atoms with Crippen LogP contribution in [-0.4, -0.2) is 51.6 Å². The van der Waals surface area contributed by atoms with Gasteiger partial charge >= 0.3 is 6.09 Å². The van der Waals surface area contributed by atoms with Gasteiger partial charge in [0.15, 0.2) is 0 Å². The summed E-state index contributed by atoms with van der Waals surface area (Å²) in [7, 11) is 0. The van der Waals surface area contributed by atoms with Gasteiger partial charge in [-0.2, -0.15) is 0 Å². The van der Waals surface area contributed by atoms with Crippen LogP contribution in [0.25, 0.3) is 0 Å². The second-order valence-electron chi connectivity index (χ2n) is 4.92. The molecule has 5 nitrogen and oxygen atoms in total. The van der Waals surface area contributed by atoms with Crippen LogP contribution in [0.1, 0.15) is 20.8 Å². The summed E-state index contributed by atoms with van der Waals surface area (Å²) in [6, 6.07) is -0.593. The van der Waals surface area contributed by atoms with Gasteiger partial charge in [0, 0.05) is 0 Å². The zero-order valence-corrected chi connectivity index (χ0v) is 9.88. The number of aliphatic hydroxyl groups is 2. The molecular weight excluding hydrogens is 210 g/mol. The Morgan fingerprint density at radius 2 is 2.06 bits per heavy atom. The van der Waals surface area contributed by atoms with Gasteiger partial charge in [0.05, 0.1) is 18.7 Å². The van der Waals surface area contributed by atoms with E-state index in [-0.39, 0.29) is 6.54 Å². The maximum atomic E-state index is 11.8. The lowest BCUT2D eigenvalue weighted by Crippen LogP contribution is -2.41. The summed E-state index contributed by atoms with van der Waals surface area (Å²) in [6.45, 7) is 8.88. The third-order valence-electron chi connectivity index (χ3n) is 2.36. The first kappa shape index (κ1) is 13.0. The van der Waals surface area contributed by atoms with Crippen LogP contribution < -0.4 is 0 Å². The lowest BCUT2D eigenvalue weighted by atomic mass is 10.1. The van der Waals surface area contributed by atoms with Gasteiger partial charge in [0.2, 0.25) is 0 Å². The molecule has 0 aromatic carbocycles. The Hall–Kier alpha value is -1.07. The molecule has 1 heterocycles. The predicted octanol–water partition coefficient (Wildman–Crippen LogP) is 0.513. The fourth-order valence-corrected chi connectivity index (χ4v) is 1.63. The summed E-state index contributed by atoms with van der Waals surface area (Å²) in [5, 5.41) is 19.1. The normalized spacial score (nSPS) is 30.3. The summed E-state index contributed by atoms with van der Waals surface area (Å²) < 4.78 is 5.17. The summed E-state index contributed by atoms with van der Waals surface area (Å²) in [6.07, 6.45) is -1.06. The lowest BCUT2D eigenvalue weighted by molar-refractivity contribution is 0.0204. The van der Waals surface area contributed by atoms with E-state index in [9.17, 15) is 15.0 Å². The summed E-state index contributed by atoms with van der Waals surface area (Å²) in [4.78, 5) is 13.0. The van der Waals surface area contributed by atoms with Crippen LogP contribution in [0.2, 0.25) is 0 Å². The Morgan fingerprint density at radius 3 is 2.50 bits per heavy atom. The molecule has 0 radical (unpaired) electrons. The first-order chi connectivity index (χ1) is 7.26. The van der Waals surface area contributed by atoms with E-state index in [4.69, 9.17) is 4.74 Å². The fraction of sp³-hybridized carbons (Fsp3) is 0.727. The molecule has 0 aromatic rings. The molecule has 0 spiro atoms.